The Morgan fingerprint density at radius 1 is 1.21 bits per heavy atom. The highest BCUT2D eigenvalue weighted by Gasteiger charge is 2.12. The maximum Gasteiger partial charge on any atom is 0.320 e. The van der Waals surface area contributed by atoms with Gasteiger partial charge in [0.05, 0.1) is 0 Å². The van der Waals surface area contributed by atoms with Crippen molar-refractivity contribution in [3.05, 3.63) is 36.5 Å². The summed E-state index contributed by atoms with van der Waals surface area (Å²) in [6.45, 7) is 0. The summed E-state index contributed by atoms with van der Waals surface area (Å²) in [6.07, 6.45) is 1.72. The van der Waals surface area contributed by atoms with Gasteiger partial charge in [-0.1, -0.05) is 18.2 Å². The van der Waals surface area contributed by atoms with E-state index in [9.17, 15) is 9.59 Å². The third kappa shape index (κ3) is 5.22. The summed E-state index contributed by atoms with van der Waals surface area (Å²) in [4.78, 5) is 23.0. The molecule has 0 aliphatic carbocycles. The average molecular weight is 264 g/mol. The number of carboxylic acids is 2. The highest BCUT2D eigenvalue weighted by molar-refractivity contribution is 5.78. The minimum atomic E-state index is -1.17. The molecule has 6 heteroatoms. The summed E-state index contributed by atoms with van der Waals surface area (Å²) in [7, 11) is 0. The molecule has 1 aromatic heterocycles. The number of para-hydroxylation sites is 1. The van der Waals surface area contributed by atoms with Crippen molar-refractivity contribution in [3.63, 3.8) is 0 Å². The van der Waals surface area contributed by atoms with Crippen LogP contribution in [0, 0.1) is 0 Å². The number of aromatic nitrogens is 1. The van der Waals surface area contributed by atoms with Crippen LogP contribution in [0.1, 0.15) is 12.8 Å². The van der Waals surface area contributed by atoms with Crippen LogP contribution in [0.4, 0.5) is 0 Å². The summed E-state index contributed by atoms with van der Waals surface area (Å²) >= 11 is 0. The van der Waals surface area contributed by atoms with Gasteiger partial charge in [0.2, 0.25) is 0 Å². The fourth-order valence-corrected chi connectivity index (χ4v) is 1.40. The van der Waals surface area contributed by atoms with E-state index in [1.165, 1.54) is 10.9 Å². The van der Waals surface area contributed by atoms with Gasteiger partial charge in [-0.05, 0) is 23.9 Å². The zero-order valence-corrected chi connectivity index (χ0v) is 10.2. The summed E-state index contributed by atoms with van der Waals surface area (Å²) in [5.41, 5.74) is 6.21. The van der Waals surface area contributed by atoms with Gasteiger partial charge in [-0.25, -0.2) is 0 Å². The van der Waals surface area contributed by atoms with Gasteiger partial charge in [-0.15, -0.1) is 0 Å². The van der Waals surface area contributed by atoms with E-state index in [0.29, 0.717) is 0 Å². The predicted octanol–water partition coefficient (Wildman–Crippen LogP) is 1.43. The maximum absolute atomic E-state index is 9.99. The van der Waals surface area contributed by atoms with E-state index in [1.807, 2.05) is 18.3 Å². The van der Waals surface area contributed by atoms with Crippen molar-refractivity contribution in [2.45, 2.75) is 18.9 Å². The number of hydrogen-bond acceptors (Lipinski definition) is 3. The molecule has 102 valence electrons. The van der Waals surface area contributed by atoms with Crippen LogP contribution in [0.2, 0.25) is 0 Å². The van der Waals surface area contributed by atoms with Gasteiger partial charge in [0, 0.05) is 18.1 Å². The lowest BCUT2D eigenvalue weighted by atomic mass is 10.2. The van der Waals surface area contributed by atoms with Crippen molar-refractivity contribution in [3.8, 4) is 0 Å². The van der Waals surface area contributed by atoms with Crippen molar-refractivity contribution in [1.29, 1.82) is 0 Å². The Balaban J connectivity index is 0.000000190. The van der Waals surface area contributed by atoms with Crippen LogP contribution in [-0.4, -0.2) is 33.2 Å². The van der Waals surface area contributed by atoms with Crippen molar-refractivity contribution < 1.29 is 19.8 Å². The first-order valence-corrected chi connectivity index (χ1v) is 5.73. The van der Waals surface area contributed by atoms with Crippen LogP contribution in [0.3, 0.4) is 0 Å². The summed E-state index contributed by atoms with van der Waals surface area (Å²) < 4.78 is 0. The zero-order chi connectivity index (χ0) is 14.3. The minimum absolute atomic E-state index is 0.0231. The van der Waals surface area contributed by atoms with E-state index in [2.05, 4.69) is 23.2 Å². The van der Waals surface area contributed by atoms with Crippen LogP contribution >= 0.6 is 0 Å². The van der Waals surface area contributed by atoms with Crippen LogP contribution < -0.4 is 5.73 Å². The molecule has 0 aliphatic heterocycles. The fraction of sp³-hybridized carbons (Fsp3) is 0.231. The molecule has 19 heavy (non-hydrogen) atoms. The molecular formula is C13H16N2O4. The minimum Gasteiger partial charge on any atom is -0.481 e. The number of hydrogen-bond donors (Lipinski definition) is 4. The smallest absolute Gasteiger partial charge is 0.320 e. The van der Waals surface area contributed by atoms with Gasteiger partial charge < -0.3 is 20.9 Å². The molecule has 0 amide bonds. The molecule has 5 N–H and O–H groups in total. The van der Waals surface area contributed by atoms with Gasteiger partial charge in [0.25, 0.3) is 0 Å². The SMILES string of the molecule is N[C@@H](CCC(=O)O)C(=O)O.c1ccc2[nH]ccc2c1. The first-order valence-electron chi connectivity index (χ1n) is 5.73. The molecule has 0 unspecified atom stereocenters. The standard InChI is InChI=1S/C8H7N.C5H9NO4/c1-2-4-8-7(3-1)5-6-9-8;6-3(5(9)10)1-2-4(7)8/h1-6,9H;3H,1-2,6H2,(H,7,8)(H,9,10)/t;3-/m.0/s1. The van der Waals surface area contributed by atoms with E-state index < -0.39 is 18.0 Å². The Morgan fingerprint density at radius 2 is 1.89 bits per heavy atom. The van der Waals surface area contributed by atoms with E-state index in [1.54, 1.807) is 0 Å². The first-order chi connectivity index (χ1) is 9.00. The van der Waals surface area contributed by atoms with Crippen molar-refractivity contribution >= 4 is 22.8 Å². The molecule has 0 aliphatic rings. The third-order valence-corrected chi connectivity index (χ3v) is 2.45. The second-order valence-corrected chi connectivity index (χ2v) is 3.94. The molecule has 0 spiro atoms. The Labute approximate surface area is 109 Å². The van der Waals surface area contributed by atoms with Crippen LogP contribution in [-0.2, 0) is 9.59 Å². The summed E-state index contributed by atoms with van der Waals surface area (Å²) in [5.74, 6) is -2.20. The zero-order valence-electron chi connectivity index (χ0n) is 10.2. The third-order valence-electron chi connectivity index (χ3n) is 2.45. The number of fused-ring (bicyclic) bond motifs is 1. The number of nitrogens with one attached hydrogen (secondary N) is 1. The second-order valence-electron chi connectivity index (χ2n) is 3.94. The van der Waals surface area contributed by atoms with Gasteiger partial charge in [0.15, 0.2) is 0 Å². The lowest BCUT2D eigenvalue weighted by Crippen LogP contribution is -2.30. The quantitative estimate of drug-likeness (QED) is 0.666. The molecule has 0 fully saturated rings. The van der Waals surface area contributed by atoms with Crippen molar-refractivity contribution in [1.82, 2.24) is 4.98 Å². The number of aromatic amines is 1. The molecule has 0 saturated carbocycles. The van der Waals surface area contributed by atoms with E-state index in [4.69, 9.17) is 15.9 Å². The normalized spacial score (nSPS) is 11.4. The Kier molecular flexibility index (Phi) is 5.56. The molecule has 1 atom stereocenters. The van der Waals surface area contributed by atoms with E-state index in [0.717, 1.165) is 0 Å². The molecule has 0 saturated heterocycles. The topological polar surface area (TPSA) is 116 Å². The maximum atomic E-state index is 9.99. The predicted molar refractivity (Wildman–Crippen MR) is 70.8 cm³/mol. The number of carbonyl (C=O) groups is 2. The largest absolute Gasteiger partial charge is 0.481 e. The lowest BCUT2D eigenvalue weighted by Gasteiger charge is -2.01. The number of nitrogens with two attached hydrogens (primary N) is 1. The molecule has 0 radical (unpaired) electrons. The monoisotopic (exact) mass is 264 g/mol. The van der Waals surface area contributed by atoms with Crippen LogP contribution in [0.15, 0.2) is 36.5 Å². The summed E-state index contributed by atoms with van der Waals surface area (Å²) in [5, 5.41) is 17.5. The molecule has 1 aromatic carbocycles. The highest BCUT2D eigenvalue weighted by atomic mass is 16.4. The average Bonchev–Trinajstić information content (AvgIpc) is 2.84. The molecule has 0 bridgehead atoms. The number of H-pyrrole nitrogens is 1. The number of aliphatic carboxylic acids is 2. The van der Waals surface area contributed by atoms with Crippen LogP contribution in [0.5, 0.6) is 0 Å². The molecular weight excluding hydrogens is 248 g/mol. The number of carboxylic acid groups (broad SMARTS) is 2. The van der Waals surface area contributed by atoms with Crippen molar-refractivity contribution in [2.75, 3.05) is 0 Å². The molecule has 1 heterocycles. The molecule has 6 nitrogen and oxygen atoms in total. The van der Waals surface area contributed by atoms with Gasteiger partial charge in [0.1, 0.15) is 6.04 Å². The Morgan fingerprint density at radius 3 is 2.47 bits per heavy atom. The second kappa shape index (κ2) is 7.17. The first kappa shape index (κ1) is 14.7. The molecule has 2 aromatic rings. The van der Waals surface area contributed by atoms with Gasteiger partial charge in [-0.3, -0.25) is 9.59 Å². The van der Waals surface area contributed by atoms with Gasteiger partial charge >= 0.3 is 11.9 Å². The Bertz CT molecular complexity index is 520. The van der Waals surface area contributed by atoms with E-state index >= 15 is 0 Å². The van der Waals surface area contributed by atoms with Gasteiger partial charge in [-0.2, -0.15) is 0 Å². The number of benzene rings is 1. The van der Waals surface area contributed by atoms with Crippen molar-refractivity contribution in [2.24, 2.45) is 5.73 Å². The molecule has 2 rings (SSSR count). The Hall–Kier alpha value is -2.34. The number of rotatable bonds is 4. The fourth-order valence-electron chi connectivity index (χ4n) is 1.40. The van der Waals surface area contributed by atoms with E-state index in [-0.39, 0.29) is 12.8 Å². The summed E-state index contributed by atoms with van der Waals surface area (Å²) in [6, 6.07) is 9.22. The highest BCUT2D eigenvalue weighted by Crippen LogP contribution is 2.09. The van der Waals surface area contributed by atoms with Crippen LogP contribution in [0.25, 0.3) is 10.9 Å². The lowest BCUT2D eigenvalue weighted by molar-refractivity contribution is -0.139.